The molecule has 0 radical (unpaired) electrons. The van der Waals surface area contributed by atoms with E-state index < -0.39 is 0 Å². The van der Waals surface area contributed by atoms with E-state index in [0.717, 1.165) is 30.2 Å². The molecule has 0 saturated heterocycles. The number of rotatable bonds is 5. The van der Waals surface area contributed by atoms with Gasteiger partial charge in [-0.1, -0.05) is 11.2 Å². The second-order valence-corrected chi connectivity index (χ2v) is 5.85. The molecule has 6 heteroatoms. The summed E-state index contributed by atoms with van der Waals surface area (Å²) >= 11 is 1.72. The summed E-state index contributed by atoms with van der Waals surface area (Å²) in [6.45, 7) is 7.54. The molecule has 0 aliphatic heterocycles. The van der Waals surface area contributed by atoms with Crippen LogP contribution in [0.1, 0.15) is 28.8 Å². The van der Waals surface area contributed by atoms with Crippen molar-refractivity contribution < 1.29 is 5.21 Å². The van der Waals surface area contributed by atoms with E-state index in [-0.39, 0.29) is 5.84 Å². The lowest BCUT2D eigenvalue weighted by Gasteiger charge is -2.26. The van der Waals surface area contributed by atoms with Gasteiger partial charge in [-0.05, 0) is 38.3 Å². The van der Waals surface area contributed by atoms with Crippen molar-refractivity contribution in [1.29, 1.82) is 0 Å². The second-order valence-electron chi connectivity index (χ2n) is 4.82. The van der Waals surface area contributed by atoms with Crippen LogP contribution < -0.4 is 10.6 Å². The van der Waals surface area contributed by atoms with Crippen molar-refractivity contribution in [3.8, 4) is 0 Å². The van der Waals surface area contributed by atoms with Gasteiger partial charge < -0.3 is 15.8 Å². The lowest BCUT2D eigenvalue weighted by Crippen LogP contribution is -2.27. The third-order valence-corrected chi connectivity index (χ3v) is 4.18. The van der Waals surface area contributed by atoms with Gasteiger partial charge in [0, 0.05) is 17.1 Å². The van der Waals surface area contributed by atoms with Crippen LogP contribution in [-0.2, 0) is 6.54 Å². The number of amidine groups is 1. The van der Waals surface area contributed by atoms with Gasteiger partial charge in [0.1, 0.15) is 0 Å². The van der Waals surface area contributed by atoms with Gasteiger partial charge in [0.25, 0.3) is 0 Å². The predicted molar refractivity (Wildman–Crippen MR) is 87.3 cm³/mol. The number of nitrogens with two attached hydrogens (primary N) is 1. The monoisotopic (exact) mass is 304 g/mol. The number of anilines is 1. The number of aromatic nitrogens is 1. The molecule has 3 N–H and O–H groups in total. The molecule has 0 aliphatic rings. The lowest BCUT2D eigenvalue weighted by atomic mass is 10.1. The first kappa shape index (κ1) is 15.3. The fourth-order valence-corrected chi connectivity index (χ4v) is 3.10. The highest BCUT2D eigenvalue weighted by atomic mass is 32.1. The number of oxime groups is 1. The van der Waals surface area contributed by atoms with Crippen LogP contribution in [0.5, 0.6) is 0 Å². The van der Waals surface area contributed by atoms with Crippen molar-refractivity contribution >= 4 is 22.9 Å². The van der Waals surface area contributed by atoms with Gasteiger partial charge in [-0.2, -0.15) is 0 Å². The number of aryl methyl sites for hydroxylation is 2. The Balaban J connectivity index is 2.49. The Hall–Kier alpha value is -2.08. The highest BCUT2D eigenvalue weighted by Crippen LogP contribution is 2.26. The number of nitrogens with zero attached hydrogens (tertiary/aromatic N) is 3. The van der Waals surface area contributed by atoms with E-state index in [2.05, 4.69) is 33.4 Å². The van der Waals surface area contributed by atoms with E-state index in [1.807, 2.05) is 26.0 Å². The smallest absolute Gasteiger partial charge is 0.174 e. The summed E-state index contributed by atoms with van der Waals surface area (Å²) in [6, 6.07) is 6.14. The van der Waals surface area contributed by atoms with Crippen LogP contribution in [0.2, 0.25) is 0 Å². The number of hydrogen-bond acceptors (Lipinski definition) is 5. The van der Waals surface area contributed by atoms with E-state index in [4.69, 9.17) is 10.9 Å². The molecule has 0 bridgehead atoms. The summed E-state index contributed by atoms with van der Waals surface area (Å²) in [5, 5.41) is 14.3. The highest BCUT2D eigenvalue weighted by molar-refractivity contribution is 7.09. The van der Waals surface area contributed by atoms with E-state index in [1.54, 1.807) is 11.3 Å². The van der Waals surface area contributed by atoms with Crippen molar-refractivity contribution in [2.45, 2.75) is 27.3 Å². The Morgan fingerprint density at radius 2 is 2.24 bits per heavy atom. The molecule has 0 saturated carbocycles. The average molecular weight is 304 g/mol. The molecule has 0 spiro atoms. The summed E-state index contributed by atoms with van der Waals surface area (Å²) < 4.78 is 0. The van der Waals surface area contributed by atoms with Crippen LogP contribution in [0.4, 0.5) is 5.69 Å². The fourth-order valence-electron chi connectivity index (χ4n) is 2.38. The van der Waals surface area contributed by atoms with Gasteiger partial charge in [0.05, 0.1) is 23.5 Å². The molecule has 2 rings (SSSR count). The van der Waals surface area contributed by atoms with E-state index >= 15 is 0 Å². The molecule has 0 aliphatic carbocycles. The SMILES string of the molecule is CCN(Cc1cccs1)c1cc(C)nc(C)c1/C(N)=N/O. The molecule has 5 nitrogen and oxygen atoms in total. The van der Waals surface area contributed by atoms with Crippen LogP contribution in [0.25, 0.3) is 0 Å². The Labute approximate surface area is 128 Å². The standard InChI is InChI=1S/C15H20N4OS/c1-4-19(9-12-6-5-7-21-12)13-8-10(2)17-11(3)14(13)15(16)18-20/h5-8,20H,4,9H2,1-3H3,(H2,16,18). The average Bonchev–Trinajstić information content (AvgIpc) is 2.96. The first-order valence-corrected chi connectivity index (χ1v) is 7.68. The second kappa shape index (κ2) is 6.58. The van der Waals surface area contributed by atoms with Crippen LogP contribution >= 0.6 is 11.3 Å². The molecule has 2 aromatic rings. The molecular weight excluding hydrogens is 284 g/mol. The first-order chi connectivity index (χ1) is 10.1. The minimum Gasteiger partial charge on any atom is -0.409 e. The predicted octanol–water partition coefficient (Wildman–Crippen LogP) is 2.88. The van der Waals surface area contributed by atoms with Crippen molar-refractivity contribution in [1.82, 2.24) is 4.98 Å². The molecule has 0 aromatic carbocycles. The molecule has 0 atom stereocenters. The Morgan fingerprint density at radius 1 is 1.48 bits per heavy atom. The van der Waals surface area contributed by atoms with Gasteiger partial charge in [-0.3, -0.25) is 4.98 Å². The molecule has 21 heavy (non-hydrogen) atoms. The molecule has 0 unspecified atom stereocenters. The minimum atomic E-state index is 0.0969. The van der Waals surface area contributed by atoms with Gasteiger partial charge in [0.15, 0.2) is 5.84 Å². The van der Waals surface area contributed by atoms with Crippen molar-refractivity contribution in [3.63, 3.8) is 0 Å². The lowest BCUT2D eigenvalue weighted by molar-refractivity contribution is 0.318. The molecule has 2 aromatic heterocycles. The van der Waals surface area contributed by atoms with Crippen LogP contribution in [0.15, 0.2) is 28.7 Å². The largest absolute Gasteiger partial charge is 0.409 e. The minimum absolute atomic E-state index is 0.0969. The first-order valence-electron chi connectivity index (χ1n) is 6.80. The summed E-state index contributed by atoms with van der Waals surface area (Å²) in [4.78, 5) is 7.90. The summed E-state index contributed by atoms with van der Waals surface area (Å²) in [6.07, 6.45) is 0. The number of thiophene rings is 1. The molecular formula is C15H20N4OS. The van der Waals surface area contributed by atoms with Crippen molar-refractivity contribution in [2.75, 3.05) is 11.4 Å². The van der Waals surface area contributed by atoms with E-state index in [0.29, 0.717) is 5.56 Å². The van der Waals surface area contributed by atoms with Gasteiger partial charge >= 0.3 is 0 Å². The molecule has 2 heterocycles. The zero-order valence-electron chi connectivity index (χ0n) is 12.5. The Bertz CT molecular complexity index is 637. The van der Waals surface area contributed by atoms with Gasteiger partial charge in [0.2, 0.25) is 0 Å². The summed E-state index contributed by atoms with van der Waals surface area (Å²) in [5.74, 6) is 0.0969. The third-order valence-electron chi connectivity index (χ3n) is 3.32. The highest BCUT2D eigenvalue weighted by Gasteiger charge is 2.18. The molecule has 112 valence electrons. The normalized spacial score (nSPS) is 11.7. The van der Waals surface area contributed by atoms with Crippen LogP contribution in [0.3, 0.4) is 0 Å². The van der Waals surface area contributed by atoms with Gasteiger partial charge in [-0.15, -0.1) is 11.3 Å². The van der Waals surface area contributed by atoms with Gasteiger partial charge in [-0.25, -0.2) is 0 Å². The summed E-state index contributed by atoms with van der Waals surface area (Å²) in [5.41, 5.74) is 9.18. The Kier molecular flexibility index (Phi) is 4.80. The number of pyridine rings is 1. The topological polar surface area (TPSA) is 74.7 Å². The maximum atomic E-state index is 9.04. The summed E-state index contributed by atoms with van der Waals surface area (Å²) in [7, 11) is 0. The fraction of sp³-hybridized carbons (Fsp3) is 0.333. The quantitative estimate of drug-likeness (QED) is 0.385. The number of hydrogen-bond donors (Lipinski definition) is 2. The zero-order valence-corrected chi connectivity index (χ0v) is 13.3. The Morgan fingerprint density at radius 3 is 2.81 bits per heavy atom. The molecule has 0 amide bonds. The van der Waals surface area contributed by atoms with Crippen molar-refractivity contribution in [3.05, 3.63) is 45.4 Å². The molecule has 0 fully saturated rings. The maximum absolute atomic E-state index is 9.04. The van der Waals surface area contributed by atoms with E-state index in [9.17, 15) is 0 Å². The van der Waals surface area contributed by atoms with Crippen molar-refractivity contribution in [2.24, 2.45) is 10.9 Å². The third kappa shape index (κ3) is 3.33. The van der Waals surface area contributed by atoms with Crippen LogP contribution in [-0.4, -0.2) is 22.6 Å². The van der Waals surface area contributed by atoms with Crippen LogP contribution in [0, 0.1) is 13.8 Å². The van der Waals surface area contributed by atoms with E-state index in [1.165, 1.54) is 4.88 Å². The maximum Gasteiger partial charge on any atom is 0.174 e. The zero-order chi connectivity index (χ0) is 15.4.